The molecule has 6 heteroatoms. The Bertz CT molecular complexity index is 970. The summed E-state index contributed by atoms with van der Waals surface area (Å²) in [5.41, 5.74) is 3.91. The smallest absolute Gasteiger partial charge is 0.130 e. The number of hydrogen-bond acceptors (Lipinski definition) is 6. The second-order valence-corrected chi connectivity index (χ2v) is 7.55. The molecule has 2 heterocycles. The third kappa shape index (κ3) is 4.89. The molecule has 0 atom stereocenters. The van der Waals surface area contributed by atoms with Crippen LogP contribution in [0, 0.1) is 6.92 Å². The third-order valence-electron chi connectivity index (χ3n) is 4.52. The van der Waals surface area contributed by atoms with E-state index in [9.17, 15) is 0 Å². The van der Waals surface area contributed by atoms with E-state index < -0.39 is 0 Å². The zero-order valence-electron chi connectivity index (χ0n) is 15.8. The molecule has 1 aliphatic carbocycles. The van der Waals surface area contributed by atoms with Gasteiger partial charge in [-0.05, 0) is 43.5 Å². The average Bonchev–Trinajstić information content (AvgIpc) is 3.53. The molecule has 3 aromatic rings. The van der Waals surface area contributed by atoms with Crippen molar-refractivity contribution in [3.8, 4) is 17.0 Å². The zero-order chi connectivity index (χ0) is 19.3. The van der Waals surface area contributed by atoms with Crippen molar-refractivity contribution in [2.45, 2.75) is 32.3 Å². The first-order valence-electron chi connectivity index (χ1n) is 9.42. The Kier molecular flexibility index (Phi) is 5.58. The predicted octanol–water partition coefficient (Wildman–Crippen LogP) is 4.41. The van der Waals surface area contributed by atoms with E-state index in [1.165, 1.54) is 0 Å². The van der Waals surface area contributed by atoms with Crippen molar-refractivity contribution in [3.63, 3.8) is 0 Å². The first-order valence-corrected chi connectivity index (χ1v) is 9.83. The Balaban J connectivity index is 1.37. The van der Waals surface area contributed by atoms with Gasteiger partial charge in [-0.25, -0.2) is 9.97 Å². The summed E-state index contributed by atoms with van der Waals surface area (Å²) in [6, 6.07) is 14.0. The average molecular weight is 391 g/mol. The fraction of sp³-hybridized carbons (Fsp3) is 0.273. The van der Waals surface area contributed by atoms with Crippen LogP contribution in [0.1, 0.15) is 24.1 Å². The topological polar surface area (TPSA) is 59.9 Å². The second-order valence-electron chi connectivity index (χ2n) is 6.97. The molecular formula is C22H22N4OS. The van der Waals surface area contributed by atoms with Crippen LogP contribution in [0.15, 0.2) is 55.0 Å². The summed E-state index contributed by atoms with van der Waals surface area (Å²) >= 11 is 5.59. The summed E-state index contributed by atoms with van der Waals surface area (Å²) in [6.07, 6.45) is 6.75. The van der Waals surface area contributed by atoms with E-state index >= 15 is 0 Å². The monoisotopic (exact) mass is 390 g/mol. The van der Waals surface area contributed by atoms with Gasteiger partial charge >= 0.3 is 0 Å². The van der Waals surface area contributed by atoms with E-state index in [2.05, 4.69) is 26.3 Å². The quantitative estimate of drug-likeness (QED) is 0.575. The van der Waals surface area contributed by atoms with Gasteiger partial charge in [0.1, 0.15) is 17.9 Å². The normalized spacial score (nSPS) is 13.2. The van der Waals surface area contributed by atoms with Crippen LogP contribution >= 0.6 is 12.2 Å². The van der Waals surface area contributed by atoms with Crippen LogP contribution in [-0.4, -0.2) is 32.5 Å². The summed E-state index contributed by atoms with van der Waals surface area (Å²) < 4.78 is 5.99. The van der Waals surface area contributed by atoms with Crippen LogP contribution in [0.4, 0.5) is 5.82 Å². The summed E-state index contributed by atoms with van der Waals surface area (Å²) in [6.45, 7) is 2.53. The lowest BCUT2D eigenvalue weighted by Crippen LogP contribution is -2.15. The van der Waals surface area contributed by atoms with Crippen molar-refractivity contribution in [2.24, 2.45) is 0 Å². The van der Waals surface area contributed by atoms with E-state index in [1.54, 1.807) is 6.33 Å². The number of nitrogens with one attached hydrogen (secondary N) is 1. The number of aromatic nitrogens is 3. The Hall–Kier alpha value is -2.86. The highest BCUT2D eigenvalue weighted by Gasteiger charge is 2.24. The number of ether oxygens (including phenoxy) is 1. The molecule has 0 saturated heterocycles. The minimum Gasteiger partial charge on any atom is -0.490 e. The minimum absolute atomic E-state index is 0.378. The number of anilines is 1. The molecule has 2 aromatic heterocycles. The summed E-state index contributed by atoms with van der Waals surface area (Å²) in [5.74, 6) is 1.69. The molecule has 1 aromatic carbocycles. The van der Waals surface area contributed by atoms with Crippen molar-refractivity contribution in [2.75, 3.05) is 11.9 Å². The van der Waals surface area contributed by atoms with Crippen molar-refractivity contribution in [3.05, 3.63) is 66.2 Å². The van der Waals surface area contributed by atoms with Crippen LogP contribution < -0.4 is 10.1 Å². The lowest BCUT2D eigenvalue weighted by atomic mass is 10.1. The third-order valence-corrected chi connectivity index (χ3v) is 4.81. The highest BCUT2D eigenvalue weighted by atomic mass is 32.1. The van der Waals surface area contributed by atoms with Crippen molar-refractivity contribution in [1.82, 2.24) is 15.0 Å². The van der Waals surface area contributed by atoms with Gasteiger partial charge in [0.2, 0.25) is 0 Å². The maximum atomic E-state index is 5.99. The highest BCUT2D eigenvalue weighted by Crippen LogP contribution is 2.29. The predicted molar refractivity (Wildman–Crippen MR) is 115 cm³/mol. The molecule has 5 nitrogen and oxygen atoms in total. The van der Waals surface area contributed by atoms with E-state index in [1.807, 2.05) is 49.5 Å². The van der Waals surface area contributed by atoms with Crippen LogP contribution in [0.25, 0.3) is 11.3 Å². The lowest BCUT2D eigenvalue weighted by molar-refractivity contribution is 0.300. The van der Waals surface area contributed by atoms with E-state index in [-0.39, 0.29) is 0 Å². The van der Waals surface area contributed by atoms with Gasteiger partial charge in [0.05, 0.1) is 11.8 Å². The van der Waals surface area contributed by atoms with Gasteiger partial charge in [0.15, 0.2) is 0 Å². The molecule has 0 aliphatic heterocycles. The number of aryl methyl sites for hydroxylation is 1. The Morgan fingerprint density at radius 1 is 1.14 bits per heavy atom. The number of benzene rings is 1. The fourth-order valence-corrected chi connectivity index (χ4v) is 3.05. The van der Waals surface area contributed by atoms with Gasteiger partial charge in [-0.15, -0.1) is 0 Å². The fourth-order valence-electron chi connectivity index (χ4n) is 2.83. The van der Waals surface area contributed by atoms with E-state index in [0.29, 0.717) is 19.1 Å². The molecule has 0 spiro atoms. The summed E-state index contributed by atoms with van der Waals surface area (Å²) in [5, 5.41) is 3.31. The molecule has 1 N–H and O–H groups in total. The zero-order valence-corrected chi connectivity index (χ0v) is 16.6. The summed E-state index contributed by atoms with van der Waals surface area (Å²) in [7, 11) is 0. The molecule has 1 aliphatic rings. The number of rotatable bonds is 8. The van der Waals surface area contributed by atoms with Crippen LogP contribution in [0.5, 0.6) is 5.75 Å². The molecule has 1 saturated carbocycles. The molecule has 4 rings (SSSR count). The van der Waals surface area contributed by atoms with E-state index in [0.717, 1.165) is 51.8 Å². The minimum atomic E-state index is 0.378. The molecule has 0 unspecified atom stereocenters. The molecule has 0 amide bonds. The molecule has 142 valence electrons. The standard InChI is InChI=1S/C22H22N4OS/c1-15-6-7-17(12-23-15)20-11-22(26-14-25-20)24-13-19(28)10-16-4-2-3-5-21(16)27-18-8-9-18/h2-7,11-12,14,18H,8-10,13H2,1H3,(H,24,25,26). The molecule has 0 bridgehead atoms. The molecule has 0 radical (unpaired) electrons. The highest BCUT2D eigenvalue weighted by molar-refractivity contribution is 7.80. The maximum Gasteiger partial charge on any atom is 0.130 e. The van der Waals surface area contributed by atoms with Gasteiger partial charge in [0.25, 0.3) is 0 Å². The number of thiocarbonyl (C=S) groups is 1. The number of pyridine rings is 1. The van der Waals surface area contributed by atoms with Crippen LogP contribution in [-0.2, 0) is 6.42 Å². The second kappa shape index (κ2) is 8.44. The first kappa shape index (κ1) is 18.5. The van der Waals surface area contributed by atoms with E-state index in [4.69, 9.17) is 17.0 Å². The summed E-state index contributed by atoms with van der Waals surface area (Å²) in [4.78, 5) is 13.9. The molecule has 1 fully saturated rings. The lowest BCUT2D eigenvalue weighted by Gasteiger charge is -2.12. The Morgan fingerprint density at radius 3 is 2.79 bits per heavy atom. The largest absolute Gasteiger partial charge is 0.490 e. The molecule has 28 heavy (non-hydrogen) atoms. The SMILES string of the molecule is Cc1ccc(-c2cc(NCC(=S)Cc3ccccc3OC3CC3)ncn2)cn1. The number of hydrogen-bond donors (Lipinski definition) is 1. The molecular weight excluding hydrogens is 368 g/mol. The van der Waals surface area contributed by atoms with Gasteiger partial charge in [-0.2, -0.15) is 0 Å². The van der Waals surface area contributed by atoms with Gasteiger partial charge in [-0.3, -0.25) is 4.98 Å². The van der Waals surface area contributed by atoms with Crippen molar-refractivity contribution in [1.29, 1.82) is 0 Å². The van der Waals surface area contributed by atoms with Gasteiger partial charge in [0, 0.05) is 41.4 Å². The van der Waals surface area contributed by atoms with Crippen molar-refractivity contribution < 1.29 is 4.74 Å². The number of nitrogens with zero attached hydrogens (tertiary/aromatic N) is 3. The van der Waals surface area contributed by atoms with Crippen molar-refractivity contribution >= 4 is 22.9 Å². The van der Waals surface area contributed by atoms with Crippen LogP contribution in [0.2, 0.25) is 0 Å². The van der Waals surface area contributed by atoms with Gasteiger partial charge in [-0.1, -0.05) is 30.4 Å². The maximum absolute atomic E-state index is 5.99. The van der Waals surface area contributed by atoms with Gasteiger partial charge < -0.3 is 10.1 Å². The van der Waals surface area contributed by atoms with Crippen LogP contribution in [0.3, 0.4) is 0 Å². The number of para-hydroxylation sites is 1. The Labute approximate surface area is 170 Å². The first-order chi connectivity index (χ1) is 13.7. The Morgan fingerprint density at radius 2 is 2.00 bits per heavy atom.